The number of nitrogens with zero attached hydrogens (tertiary/aromatic N) is 1. The molecule has 1 aromatic carbocycles. The molecule has 0 aliphatic heterocycles. The highest BCUT2D eigenvalue weighted by atomic mass is 16.6. The predicted octanol–water partition coefficient (Wildman–Crippen LogP) is 1.24. The molecular weight excluding hydrogens is 246 g/mol. The summed E-state index contributed by atoms with van der Waals surface area (Å²) in [6.07, 6.45) is 1.61. The molecule has 0 saturated carbocycles. The summed E-state index contributed by atoms with van der Waals surface area (Å²) >= 11 is 0. The first-order valence-electron chi connectivity index (χ1n) is 5.77. The number of benzene rings is 1. The van der Waals surface area contributed by atoms with Crippen molar-refractivity contribution in [2.24, 2.45) is 10.8 Å². The number of hydrogen-bond acceptors (Lipinski definition) is 6. The monoisotopic (exact) mass is 265 g/mol. The van der Waals surface area contributed by atoms with E-state index in [9.17, 15) is 4.79 Å². The van der Waals surface area contributed by atoms with Crippen molar-refractivity contribution in [1.29, 1.82) is 0 Å². The van der Waals surface area contributed by atoms with Crippen LogP contribution < -0.4 is 20.6 Å². The topological polar surface area (TPSA) is 85.9 Å². The van der Waals surface area contributed by atoms with E-state index in [1.807, 2.05) is 0 Å². The summed E-state index contributed by atoms with van der Waals surface area (Å²) in [4.78, 5) is 10.9. The van der Waals surface area contributed by atoms with Crippen LogP contribution in [0, 0.1) is 0 Å². The minimum absolute atomic E-state index is 0.374. The highest BCUT2D eigenvalue weighted by Crippen LogP contribution is 2.27. The standard InChI is InChI=1S/C13H19N3O3/c1-9(17)19-11-6-5-10(7-12(11)18-4)8-15-16-13(2,3)14/h5-8,16H,14H2,1-4H3/b15-8+. The van der Waals surface area contributed by atoms with Crippen molar-refractivity contribution in [3.8, 4) is 11.5 Å². The van der Waals surface area contributed by atoms with Crippen LogP contribution in [-0.2, 0) is 4.79 Å². The molecule has 3 N–H and O–H groups in total. The molecule has 0 unspecified atom stereocenters. The molecule has 0 fully saturated rings. The van der Waals surface area contributed by atoms with Crippen molar-refractivity contribution in [3.63, 3.8) is 0 Å². The molecule has 0 atom stereocenters. The Kier molecular flexibility index (Phi) is 4.88. The zero-order valence-corrected chi connectivity index (χ0v) is 11.6. The van der Waals surface area contributed by atoms with Crippen LogP contribution >= 0.6 is 0 Å². The van der Waals surface area contributed by atoms with E-state index in [2.05, 4.69) is 10.5 Å². The minimum Gasteiger partial charge on any atom is -0.493 e. The zero-order chi connectivity index (χ0) is 14.5. The van der Waals surface area contributed by atoms with Crippen molar-refractivity contribution in [3.05, 3.63) is 23.8 Å². The van der Waals surface area contributed by atoms with Crippen LogP contribution in [0.15, 0.2) is 23.3 Å². The molecule has 19 heavy (non-hydrogen) atoms. The van der Waals surface area contributed by atoms with E-state index >= 15 is 0 Å². The molecule has 1 aromatic rings. The van der Waals surface area contributed by atoms with Gasteiger partial charge in [0.05, 0.1) is 19.0 Å². The van der Waals surface area contributed by atoms with Gasteiger partial charge in [0.2, 0.25) is 0 Å². The van der Waals surface area contributed by atoms with Crippen LogP contribution in [0.2, 0.25) is 0 Å². The van der Waals surface area contributed by atoms with Gasteiger partial charge >= 0.3 is 5.97 Å². The summed E-state index contributed by atoms with van der Waals surface area (Å²) in [6, 6.07) is 5.12. The molecule has 104 valence electrons. The molecule has 0 amide bonds. The van der Waals surface area contributed by atoms with Crippen molar-refractivity contribution in [2.75, 3.05) is 7.11 Å². The fourth-order valence-electron chi connectivity index (χ4n) is 1.28. The second-order valence-corrected chi connectivity index (χ2v) is 4.60. The Labute approximate surface area is 112 Å². The van der Waals surface area contributed by atoms with E-state index in [1.165, 1.54) is 14.0 Å². The molecule has 0 bridgehead atoms. The number of rotatable bonds is 5. The first-order chi connectivity index (χ1) is 8.81. The van der Waals surface area contributed by atoms with Crippen LogP contribution in [0.25, 0.3) is 0 Å². The van der Waals surface area contributed by atoms with Gasteiger partial charge in [0.25, 0.3) is 0 Å². The van der Waals surface area contributed by atoms with E-state index in [0.717, 1.165) is 5.56 Å². The third kappa shape index (κ3) is 5.39. The molecule has 0 aliphatic carbocycles. The maximum absolute atomic E-state index is 10.9. The number of hydrazone groups is 1. The molecule has 0 spiro atoms. The number of ether oxygens (including phenoxy) is 2. The van der Waals surface area contributed by atoms with Gasteiger partial charge in [-0.1, -0.05) is 0 Å². The van der Waals surface area contributed by atoms with Crippen LogP contribution in [0.5, 0.6) is 11.5 Å². The third-order valence-corrected chi connectivity index (χ3v) is 2.01. The van der Waals surface area contributed by atoms with E-state index < -0.39 is 11.6 Å². The van der Waals surface area contributed by atoms with Gasteiger partial charge in [-0.15, -0.1) is 0 Å². The lowest BCUT2D eigenvalue weighted by molar-refractivity contribution is -0.132. The third-order valence-electron chi connectivity index (χ3n) is 2.01. The number of carbonyl (C=O) groups is 1. The number of carbonyl (C=O) groups excluding carboxylic acids is 1. The maximum Gasteiger partial charge on any atom is 0.308 e. The Morgan fingerprint density at radius 1 is 1.42 bits per heavy atom. The van der Waals surface area contributed by atoms with Crippen molar-refractivity contribution < 1.29 is 14.3 Å². The molecule has 0 saturated heterocycles. The Bertz CT molecular complexity index is 479. The molecule has 1 rings (SSSR count). The molecular formula is C13H19N3O3. The van der Waals surface area contributed by atoms with Crippen molar-refractivity contribution >= 4 is 12.2 Å². The normalized spacial score (nSPS) is 11.4. The number of nitrogens with two attached hydrogens (primary N) is 1. The molecule has 0 aliphatic rings. The lowest BCUT2D eigenvalue weighted by Gasteiger charge is -2.17. The van der Waals surface area contributed by atoms with Gasteiger partial charge in [-0.25, -0.2) is 0 Å². The van der Waals surface area contributed by atoms with Gasteiger partial charge in [-0.2, -0.15) is 5.10 Å². The highest BCUT2D eigenvalue weighted by Gasteiger charge is 2.08. The summed E-state index contributed by atoms with van der Waals surface area (Å²) in [5.74, 6) is 0.441. The Hall–Kier alpha value is -2.08. The highest BCUT2D eigenvalue weighted by molar-refractivity contribution is 5.81. The summed E-state index contributed by atoms with van der Waals surface area (Å²) in [7, 11) is 1.50. The van der Waals surface area contributed by atoms with Crippen LogP contribution in [-0.4, -0.2) is 25.0 Å². The second-order valence-electron chi connectivity index (χ2n) is 4.60. The minimum atomic E-state index is -0.585. The fraction of sp³-hybridized carbons (Fsp3) is 0.385. The number of hydrogen-bond donors (Lipinski definition) is 2. The van der Waals surface area contributed by atoms with Crippen LogP contribution in [0.4, 0.5) is 0 Å². The Morgan fingerprint density at radius 3 is 2.63 bits per heavy atom. The zero-order valence-electron chi connectivity index (χ0n) is 11.6. The molecule has 6 heteroatoms. The fourth-order valence-corrected chi connectivity index (χ4v) is 1.28. The Balaban J connectivity index is 2.85. The molecule has 0 heterocycles. The maximum atomic E-state index is 10.9. The van der Waals surface area contributed by atoms with Gasteiger partial charge in [0.15, 0.2) is 11.5 Å². The SMILES string of the molecule is COc1cc(/C=N/NC(C)(C)N)ccc1OC(C)=O. The van der Waals surface area contributed by atoms with Crippen molar-refractivity contribution in [2.45, 2.75) is 26.4 Å². The van der Waals surface area contributed by atoms with E-state index in [4.69, 9.17) is 15.2 Å². The largest absolute Gasteiger partial charge is 0.493 e. The van der Waals surface area contributed by atoms with E-state index in [0.29, 0.717) is 11.5 Å². The predicted molar refractivity (Wildman–Crippen MR) is 73.3 cm³/mol. The second kappa shape index (κ2) is 6.19. The van der Waals surface area contributed by atoms with Crippen molar-refractivity contribution in [1.82, 2.24) is 5.43 Å². The van der Waals surface area contributed by atoms with E-state index in [1.54, 1.807) is 38.3 Å². The number of methoxy groups -OCH3 is 1. The quantitative estimate of drug-likeness (QED) is 0.275. The summed E-state index contributed by atoms with van der Waals surface area (Å²) in [6.45, 7) is 4.94. The van der Waals surface area contributed by atoms with Gasteiger partial charge in [0.1, 0.15) is 0 Å². The van der Waals surface area contributed by atoms with E-state index in [-0.39, 0.29) is 0 Å². The lowest BCUT2D eigenvalue weighted by Crippen LogP contribution is -2.44. The summed E-state index contributed by atoms with van der Waals surface area (Å²) < 4.78 is 10.2. The average Bonchev–Trinajstić information content (AvgIpc) is 2.28. The van der Waals surface area contributed by atoms with Gasteiger partial charge < -0.3 is 15.2 Å². The van der Waals surface area contributed by atoms with Gasteiger partial charge in [-0.05, 0) is 37.6 Å². The smallest absolute Gasteiger partial charge is 0.308 e. The lowest BCUT2D eigenvalue weighted by atomic mass is 10.2. The molecule has 6 nitrogen and oxygen atoms in total. The Morgan fingerprint density at radius 2 is 2.11 bits per heavy atom. The van der Waals surface area contributed by atoms with Gasteiger partial charge in [0, 0.05) is 6.92 Å². The van der Waals surface area contributed by atoms with Crippen LogP contribution in [0.3, 0.4) is 0 Å². The molecule has 0 radical (unpaired) electrons. The first kappa shape index (κ1) is 15.0. The number of esters is 1. The summed E-state index contributed by atoms with van der Waals surface area (Å²) in [5, 5.41) is 4.02. The summed E-state index contributed by atoms with van der Waals surface area (Å²) in [5.41, 5.74) is 8.71. The average molecular weight is 265 g/mol. The van der Waals surface area contributed by atoms with Gasteiger partial charge in [-0.3, -0.25) is 10.2 Å². The first-order valence-corrected chi connectivity index (χ1v) is 5.77. The molecule has 0 aromatic heterocycles. The van der Waals surface area contributed by atoms with Crippen LogP contribution in [0.1, 0.15) is 26.3 Å². The number of nitrogens with one attached hydrogen (secondary N) is 1.